The summed E-state index contributed by atoms with van der Waals surface area (Å²) >= 11 is 0. The monoisotopic (exact) mass is 347 g/mol. The average Bonchev–Trinajstić information content (AvgIpc) is 3.15. The third kappa shape index (κ3) is 4.49. The van der Waals surface area contributed by atoms with Crippen LogP contribution in [0.3, 0.4) is 0 Å². The summed E-state index contributed by atoms with van der Waals surface area (Å²) in [6, 6.07) is 5.13. The summed E-state index contributed by atoms with van der Waals surface area (Å²) in [6.45, 7) is 5.42. The molecule has 3 amide bonds. The molecule has 3 rings (SSSR count). The quantitative estimate of drug-likeness (QED) is 0.870. The van der Waals surface area contributed by atoms with Crippen molar-refractivity contribution in [3.63, 3.8) is 0 Å². The number of ether oxygens (including phenoxy) is 2. The number of likely N-dealkylation sites (tertiary alicyclic amines) is 1. The Morgan fingerprint density at radius 2 is 2.04 bits per heavy atom. The smallest absolute Gasteiger partial charge is 0.319 e. The molecule has 2 N–H and O–H groups in total. The number of anilines is 1. The number of nitrogens with zero attached hydrogens (tertiary/aromatic N) is 1. The molecule has 0 bridgehead atoms. The molecule has 2 aliphatic heterocycles. The summed E-state index contributed by atoms with van der Waals surface area (Å²) in [5.41, 5.74) is 1.96. The Kier molecular flexibility index (Phi) is 5.88. The Labute approximate surface area is 147 Å². The number of carbonyl (C=O) groups is 2. The standard InChI is InChI=1S/C18H25N3O4/c1-13-5-4-6-15(16(13)17(22)21-7-2-3-8-21)20-18(23)19-11-14-12-24-9-10-25-14/h4-6,14H,2-3,7-12H2,1H3,(H2,19,20,23)/t14-/m0/s1. The van der Waals surface area contributed by atoms with E-state index >= 15 is 0 Å². The van der Waals surface area contributed by atoms with Crippen molar-refractivity contribution in [2.75, 3.05) is 44.8 Å². The second-order valence-electron chi connectivity index (χ2n) is 6.40. The van der Waals surface area contributed by atoms with Gasteiger partial charge >= 0.3 is 6.03 Å². The van der Waals surface area contributed by atoms with Gasteiger partial charge in [0.05, 0.1) is 37.2 Å². The van der Waals surface area contributed by atoms with Gasteiger partial charge in [-0.3, -0.25) is 4.79 Å². The second-order valence-corrected chi connectivity index (χ2v) is 6.40. The molecular weight excluding hydrogens is 322 g/mol. The van der Waals surface area contributed by atoms with E-state index in [1.807, 2.05) is 24.0 Å². The summed E-state index contributed by atoms with van der Waals surface area (Å²) in [4.78, 5) is 26.9. The Bertz CT molecular complexity index is 623. The van der Waals surface area contributed by atoms with Crippen LogP contribution in [-0.4, -0.2) is 62.4 Å². The number of aryl methyl sites for hydroxylation is 1. The molecule has 25 heavy (non-hydrogen) atoms. The largest absolute Gasteiger partial charge is 0.376 e. The molecule has 2 heterocycles. The molecule has 0 aliphatic carbocycles. The normalized spacial score (nSPS) is 20.4. The topological polar surface area (TPSA) is 79.9 Å². The van der Waals surface area contributed by atoms with E-state index in [2.05, 4.69) is 10.6 Å². The van der Waals surface area contributed by atoms with Gasteiger partial charge in [-0.1, -0.05) is 12.1 Å². The van der Waals surface area contributed by atoms with Crippen LogP contribution in [0.2, 0.25) is 0 Å². The van der Waals surface area contributed by atoms with Crippen molar-refractivity contribution >= 4 is 17.6 Å². The van der Waals surface area contributed by atoms with Crippen LogP contribution in [0.15, 0.2) is 18.2 Å². The molecule has 2 aliphatic rings. The molecule has 0 spiro atoms. The number of amides is 3. The average molecular weight is 347 g/mol. The van der Waals surface area contributed by atoms with E-state index in [1.54, 1.807) is 6.07 Å². The lowest BCUT2D eigenvalue weighted by Gasteiger charge is -2.23. The number of urea groups is 1. The summed E-state index contributed by atoms with van der Waals surface area (Å²) in [7, 11) is 0. The molecular formula is C18H25N3O4. The highest BCUT2D eigenvalue weighted by Crippen LogP contribution is 2.23. The van der Waals surface area contributed by atoms with Crippen LogP contribution in [0.25, 0.3) is 0 Å². The summed E-state index contributed by atoms with van der Waals surface area (Å²) in [6.07, 6.45) is 1.93. The van der Waals surface area contributed by atoms with Crippen LogP contribution in [0.5, 0.6) is 0 Å². The third-order valence-electron chi connectivity index (χ3n) is 4.50. The van der Waals surface area contributed by atoms with Crippen LogP contribution < -0.4 is 10.6 Å². The molecule has 0 radical (unpaired) electrons. The first kappa shape index (κ1) is 17.7. The Morgan fingerprint density at radius 1 is 1.24 bits per heavy atom. The Morgan fingerprint density at radius 3 is 2.76 bits per heavy atom. The molecule has 7 nitrogen and oxygen atoms in total. The minimum atomic E-state index is -0.352. The number of hydrogen-bond donors (Lipinski definition) is 2. The minimum Gasteiger partial charge on any atom is -0.376 e. The van der Waals surface area contributed by atoms with Gasteiger partial charge in [0.25, 0.3) is 5.91 Å². The van der Waals surface area contributed by atoms with Crippen molar-refractivity contribution in [1.82, 2.24) is 10.2 Å². The molecule has 0 saturated carbocycles. The fraction of sp³-hybridized carbons (Fsp3) is 0.556. The molecule has 0 aromatic heterocycles. The van der Waals surface area contributed by atoms with E-state index in [9.17, 15) is 9.59 Å². The van der Waals surface area contributed by atoms with Crippen LogP contribution in [0, 0.1) is 6.92 Å². The minimum absolute atomic E-state index is 0.0186. The van der Waals surface area contributed by atoms with Crippen LogP contribution in [0.4, 0.5) is 10.5 Å². The van der Waals surface area contributed by atoms with Gasteiger partial charge < -0.3 is 25.0 Å². The fourth-order valence-electron chi connectivity index (χ4n) is 3.16. The summed E-state index contributed by atoms with van der Waals surface area (Å²) in [5, 5.41) is 5.58. The third-order valence-corrected chi connectivity index (χ3v) is 4.50. The number of nitrogens with one attached hydrogen (secondary N) is 2. The number of rotatable bonds is 4. The molecule has 0 unspecified atom stereocenters. The lowest BCUT2D eigenvalue weighted by atomic mass is 10.1. The second kappa shape index (κ2) is 8.31. The lowest BCUT2D eigenvalue weighted by molar-refractivity contribution is -0.0852. The maximum atomic E-state index is 12.8. The highest BCUT2D eigenvalue weighted by atomic mass is 16.6. The van der Waals surface area contributed by atoms with Crippen LogP contribution in [-0.2, 0) is 9.47 Å². The van der Waals surface area contributed by atoms with Crippen molar-refractivity contribution < 1.29 is 19.1 Å². The number of benzene rings is 1. The predicted molar refractivity (Wildman–Crippen MR) is 93.9 cm³/mol. The summed E-state index contributed by atoms with van der Waals surface area (Å²) in [5.74, 6) is -0.0186. The lowest BCUT2D eigenvalue weighted by Crippen LogP contribution is -2.41. The van der Waals surface area contributed by atoms with Crippen molar-refractivity contribution in [2.24, 2.45) is 0 Å². The fourth-order valence-corrected chi connectivity index (χ4v) is 3.16. The molecule has 1 aromatic rings. The number of carbonyl (C=O) groups excluding carboxylic acids is 2. The SMILES string of the molecule is Cc1cccc(NC(=O)NC[C@H]2COCCO2)c1C(=O)N1CCCC1. The van der Waals surface area contributed by atoms with Gasteiger partial charge in [0.1, 0.15) is 0 Å². The zero-order chi connectivity index (χ0) is 17.6. The molecule has 1 atom stereocenters. The van der Waals surface area contributed by atoms with Gasteiger partial charge in [-0.15, -0.1) is 0 Å². The zero-order valence-corrected chi connectivity index (χ0v) is 14.5. The Balaban J connectivity index is 1.64. The first-order valence-electron chi connectivity index (χ1n) is 8.78. The van der Waals surface area contributed by atoms with Gasteiger partial charge in [-0.2, -0.15) is 0 Å². The predicted octanol–water partition coefficient (Wildman–Crippen LogP) is 1.77. The maximum Gasteiger partial charge on any atom is 0.319 e. The molecule has 2 saturated heterocycles. The molecule has 1 aromatic carbocycles. The first-order chi connectivity index (χ1) is 12.1. The first-order valence-corrected chi connectivity index (χ1v) is 8.78. The van der Waals surface area contributed by atoms with Crippen LogP contribution in [0.1, 0.15) is 28.8 Å². The van der Waals surface area contributed by atoms with E-state index < -0.39 is 0 Å². The van der Waals surface area contributed by atoms with Crippen molar-refractivity contribution in [3.8, 4) is 0 Å². The van der Waals surface area contributed by atoms with E-state index in [4.69, 9.17) is 9.47 Å². The molecule has 2 fully saturated rings. The summed E-state index contributed by atoms with van der Waals surface area (Å²) < 4.78 is 10.8. The van der Waals surface area contributed by atoms with Crippen molar-refractivity contribution in [2.45, 2.75) is 25.9 Å². The van der Waals surface area contributed by atoms with Crippen LogP contribution >= 0.6 is 0 Å². The number of hydrogen-bond acceptors (Lipinski definition) is 4. The van der Waals surface area contributed by atoms with Gasteiger partial charge in [0.15, 0.2) is 0 Å². The van der Waals surface area contributed by atoms with Gasteiger partial charge in [-0.05, 0) is 31.4 Å². The highest BCUT2D eigenvalue weighted by Gasteiger charge is 2.24. The van der Waals surface area contributed by atoms with Crippen molar-refractivity contribution in [1.29, 1.82) is 0 Å². The highest BCUT2D eigenvalue weighted by molar-refractivity contribution is 6.04. The van der Waals surface area contributed by atoms with E-state index in [0.717, 1.165) is 31.5 Å². The zero-order valence-electron chi connectivity index (χ0n) is 14.5. The maximum absolute atomic E-state index is 12.8. The Hall–Kier alpha value is -2.12. The van der Waals surface area contributed by atoms with E-state index in [1.165, 1.54) is 0 Å². The van der Waals surface area contributed by atoms with Gasteiger partial charge in [0.2, 0.25) is 0 Å². The van der Waals surface area contributed by atoms with E-state index in [-0.39, 0.29) is 18.0 Å². The molecule has 136 valence electrons. The molecule has 7 heteroatoms. The van der Waals surface area contributed by atoms with Crippen molar-refractivity contribution in [3.05, 3.63) is 29.3 Å². The van der Waals surface area contributed by atoms with E-state index in [0.29, 0.717) is 37.6 Å². The van der Waals surface area contributed by atoms with Gasteiger partial charge in [-0.25, -0.2) is 4.79 Å². The van der Waals surface area contributed by atoms with Gasteiger partial charge in [0, 0.05) is 19.6 Å².